The number of imidazole rings is 1. The molecule has 1 aromatic carbocycles. The SMILES string of the molecule is O=Cc1nccn1CCCCc1ccccc1. The number of hydrogen-bond donors (Lipinski definition) is 0. The lowest BCUT2D eigenvalue weighted by atomic mass is 10.1. The first-order chi connectivity index (χ1) is 8.40. The molecule has 1 aromatic heterocycles. The number of carbonyl (C=O) groups excluding carboxylic acids is 1. The molecule has 0 aliphatic carbocycles. The molecule has 0 amide bonds. The summed E-state index contributed by atoms with van der Waals surface area (Å²) in [5.74, 6) is 0.518. The Labute approximate surface area is 101 Å². The Balaban J connectivity index is 1.75. The van der Waals surface area contributed by atoms with Crippen LogP contribution in [0.1, 0.15) is 29.0 Å². The zero-order chi connectivity index (χ0) is 11.9. The summed E-state index contributed by atoms with van der Waals surface area (Å²) in [6.45, 7) is 0.862. The molecule has 17 heavy (non-hydrogen) atoms. The van der Waals surface area contributed by atoms with E-state index >= 15 is 0 Å². The number of nitrogens with zero attached hydrogens (tertiary/aromatic N) is 2. The highest BCUT2D eigenvalue weighted by atomic mass is 16.1. The number of aromatic nitrogens is 2. The first-order valence-electron chi connectivity index (χ1n) is 5.90. The van der Waals surface area contributed by atoms with Gasteiger partial charge in [-0.3, -0.25) is 4.79 Å². The zero-order valence-electron chi connectivity index (χ0n) is 9.75. The lowest BCUT2D eigenvalue weighted by Crippen LogP contribution is -2.02. The van der Waals surface area contributed by atoms with Crippen LogP contribution < -0.4 is 0 Å². The smallest absolute Gasteiger partial charge is 0.185 e. The van der Waals surface area contributed by atoms with Crippen molar-refractivity contribution in [3.8, 4) is 0 Å². The molecule has 0 saturated heterocycles. The minimum Gasteiger partial charge on any atom is -0.329 e. The average molecular weight is 228 g/mol. The molecule has 3 nitrogen and oxygen atoms in total. The molecule has 0 saturated carbocycles. The van der Waals surface area contributed by atoms with Gasteiger partial charge in [-0.25, -0.2) is 4.98 Å². The second-order valence-corrected chi connectivity index (χ2v) is 4.04. The standard InChI is InChI=1S/C14H16N2O/c17-12-14-15-9-11-16(14)10-5-4-8-13-6-2-1-3-7-13/h1-3,6-7,9,11-12H,4-5,8,10H2. The van der Waals surface area contributed by atoms with Crippen molar-refractivity contribution in [2.24, 2.45) is 0 Å². The number of unbranched alkanes of at least 4 members (excludes halogenated alkanes) is 1. The lowest BCUT2D eigenvalue weighted by molar-refractivity contribution is 0.111. The van der Waals surface area contributed by atoms with E-state index in [0.717, 1.165) is 32.1 Å². The Morgan fingerprint density at radius 3 is 2.76 bits per heavy atom. The molecule has 0 bridgehead atoms. The molecule has 0 N–H and O–H groups in total. The van der Waals surface area contributed by atoms with Gasteiger partial charge in [-0.1, -0.05) is 30.3 Å². The Morgan fingerprint density at radius 2 is 2.00 bits per heavy atom. The van der Waals surface area contributed by atoms with E-state index in [0.29, 0.717) is 5.82 Å². The molecule has 2 aromatic rings. The van der Waals surface area contributed by atoms with E-state index in [1.807, 2.05) is 16.8 Å². The molecule has 0 spiro atoms. The molecular weight excluding hydrogens is 212 g/mol. The summed E-state index contributed by atoms with van der Waals surface area (Å²) in [6.07, 6.45) is 7.60. The summed E-state index contributed by atoms with van der Waals surface area (Å²) >= 11 is 0. The summed E-state index contributed by atoms with van der Waals surface area (Å²) in [5, 5.41) is 0. The Hall–Kier alpha value is -1.90. The highest BCUT2D eigenvalue weighted by Crippen LogP contribution is 2.06. The van der Waals surface area contributed by atoms with Crippen molar-refractivity contribution in [2.45, 2.75) is 25.8 Å². The molecular formula is C14H16N2O. The van der Waals surface area contributed by atoms with Crippen LogP contribution in [0.4, 0.5) is 0 Å². The highest BCUT2D eigenvalue weighted by molar-refractivity contribution is 5.69. The molecule has 3 heteroatoms. The number of aryl methyl sites for hydroxylation is 2. The van der Waals surface area contributed by atoms with Crippen LogP contribution in [-0.4, -0.2) is 15.8 Å². The van der Waals surface area contributed by atoms with Crippen LogP contribution in [0.25, 0.3) is 0 Å². The van der Waals surface area contributed by atoms with Gasteiger partial charge in [0.05, 0.1) is 0 Å². The van der Waals surface area contributed by atoms with Crippen LogP contribution >= 0.6 is 0 Å². The topological polar surface area (TPSA) is 34.9 Å². The Bertz CT molecular complexity index is 462. The molecule has 1 heterocycles. The van der Waals surface area contributed by atoms with Crippen LogP contribution in [-0.2, 0) is 13.0 Å². The van der Waals surface area contributed by atoms with Gasteiger partial charge >= 0.3 is 0 Å². The summed E-state index contributed by atoms with van der Waals surface area (Å²) < 4.78 is 1.90. The van der Waals surface area contributed by atoms with Crippen molar-refractivity contribution < 1.29 is 4.79 Å². The summed E-state index contributed by atoms with van der Waals surface area (Å²) in [4.78, 5) is 14.6. The number of benzene rings is 1. The van der Waals surface area contributed by atoms with Crippen LogP contribution in [0.15, 0.2) is 42.7 Å². The second-order valence-electron chi connectivity index (χ2n) is 4.04. The molecule has 0 aliphatic heterocycles. The molecule has 2 rings (SSSR count). The normalized spacial score (nSPS) is 10.4. The molecule has 0 unspecified atom stereocenters. The van der Waals surface area contributed by atoms with Gasteiger partial charge in [-0.2, -0.15) is 0 Å². The van der Waals surface area contributed by atoms with E-state index in [1.165, 1.54) is 5.56 Å². The van der Waals surface area contributed by atoms with E-state index in [4.69, 9.17) is 0 Å². The van der Waals surface area contributed by atoms with Gasteiger partial charge in [0.25, 0.3) is 0 Å². The predicted molar refractivity (Wildman–Crippen MR) is 67.0 cm³/mol. The van der Waals surface area contributed by atoms with Crippen molar-refractivity contribution in [2.75, 3.05) is 0 Å². The maximum absolute atomic E-state index is 10.7. The van der Waals surface area contributed by atoms with Gasteiger partial charge in [0.15, 0.2) is 12.1 Å². The Morgan fingerprint density at radius 1 is 1.18 bits per heavy atom. The predicted octanol–water partition coefficient (Wildman–Crippen LogP) is 2.72. The van der Waals surface area contributed by atoms with Crippen molar-refractivity contribution in [3.63, 3.8) is 0 Å². The number of rotatable bonds is 6. The number of aldehydes is 1. The lowest BCUT2D eigenvalue weighted by Gasteiger charge is -2.04. The third-order valence-corrected chi connectivity index (χ3v) is 2.81. The monoisotopic (exact) mass is 228 g/mol. The fraction of sp³-hybridized carbons (Fsp3) is 0.286. The van der Waals surface area contributed by atoms with E-state index in [-0.39, 0.29) is 0 Å². The second kappa shape index (κ2) is 5.99. The maximum atomic E-state index is 10.7. The molecule has 0 aliphatic rings. The largest absolute Gasteiger partial charge is 0.329 e. The van der Waals surface area contributed by atoms with Gasteiger partial charge in [-0.05, 0) is 24.8 Å². The maximum Gasteiger partial charge on any atom is 0.185 e. The van der Waals surface area contributed by atoms with Gasteiger partial charge in [0.1, 0.15) is 0 Å². The van der Waals surface area contributed by atoms with Gasteiger partial charge in [-0.15, -0.1) is 0 Å². The fourth-order valence-corrected chi connectivity index (χ4v) is 1.88. The number of carbonyl (C=O) groups is 1. The fourth-order valence-electron chi connectivity index (χ4n) is 1.88. The first kappa shape index (κ1) is 11.6. The summed E-state index contributed by atoms with van der Waals surface area (Å²) in [6, 6.07) is 10.5. The average Bonchev–Trinajstić information content (AvgIpc) is 2.83. The summed E-state index contributed by atoms with van der Waals surface area (Å²) in [7, 11) is 0. The third-order valence-electron chi connectivity index (χ3n) is 2.81. The molecule has 0 fully saturated rings. The van der Waals surface area contributed by atoms with E-state index < -0.39 is 0 Å². The quantitative estimate of drug-likeness (QED) is 0.563. The van der Waals surface area contributed by atoms with Crippen LogP contribution in [0.5, 0.6) is 0 Å². The van der Waals surface area contributed by atoms with Crippen molar-refractivity contribution in [3.05, 3.63) is 54.1 Å². The zero-order valence-corrected chi connectivity index (χ0v) is 9.75. The number of hydrogen-bond acceptors (Lipinski definition) is 2. The Kier molecular flexibility index (Phi) is 4.08. The molecule has 0 radical (unpaired) electrons. The highest BCUT2D eigenvalue weighted by Gasteiger charge is 2.00. The van der Waals surface area contributed by atoms with Gasteiger partial charge in [0.2, 0.25) is 0 Å². The van der Waals surface area contributed by atoms with Crippen LogP contribution in [0.3, 0.4) is 0 Å². The third kappa shape index (κ3) is 3.28. The van der Waals surface area contributed by atoms with Gasteiger partial charge < -0.3 is 4.57 Å². The van der Waals surface area contributed by atoms with Crippen LogP contribution in [0.2, 0.25) is 0 Å². The molecule has 0 atom stereocenters. The van der Waals surface area contributed by atoms with Crippen molar-refractivity contribution >= 4 is 6.29 Å². The molecule has 88 valence electrons. The van der Waals surface area contributed by atoms with E-state index in [2.05, 4.69) is 29.2 Å². The van der Waals surface area contributed by atoms with E-state index in [9.17, 15) is 4.79 Å². The summed E-state index contributed by atoms with van der Waals surface area (Å²) in [5.41, 5.74) is 1.37. The van der Waals surface area contributed by atoms with Crippen LogP contribution in [0, 0.1) is 0 Å². The van der Waals surface area contributed by atoms with Crippen molar-refractivity contribution in [1.29, 1.82) is 0 Å². The van der Waals surface area contributed by atoms with Gasteiger partial charge in [0, 0.05) is 18.9 Å². The first-order valence-corrected chi connectivity index (χ1v) is 5.90. The van der Waals surface area contributed by atoms with Crippen molar-refractivity contribution in [1.82, 2.24) is 9.55 Å². The minimum absolute atomic E-state index is 0.518. The van der Waals surface area contributed by atoms with E-state index in [1.54, 1.807) is 6.20 Å². The minimum atomic E-state index is 0.518.